The normalized spacial score (nSPS) is 11.8. The van der Waals surface area contributed by atoms with Crippen molar-refractivity contribution in [2.45, 2.75) is 0 Å². The first-order valence-electron chi connectivity index (χ1n) is 4.21. The molecule has 0 fully saturated rings. The molecule has 0 bridgehead atoms. The minimum absolute atomic E-state index is 0.266. The minimum atomic E-state index is -3.43. The molecule has 0 amide bonds. The van der Waals surface area contributed by atoms with E-state index >= 15 is 0 Å². The van der Waals surface area contributed by atoms with Gasteiger partial charge in [0.2, 0.25) is 0 Å². The van der Waals surface area contributed by atoms with Crippen LogP contribution < -0.4 is 5.19 Å². The molecule has 0 aliphatic heterocycles. The van der Waals surface area contributed by atoms with Gasteiger partial charge >= 0.3 is 8.80 Å². The first-order chi connectivity index (χ1) is 7.11. The van der Waals surface area contributed by atoms with Crippen LogP contribution in [0, 0.1) is 11.6 Å². The minimum Gasteiger partial charge on any atom is -0.373 e. The summed E-state index contributed by atoms with van der Waals surface area (Å²) in [6, 6.07) is 3.54. The second kappa shape index (κ2) is 4.80. The third kappa shape index (κ3) is 2.07. The fourth-order valence-corrected chi connectivity index (χ4v) is 3.21. The Labute approximate surface area is 87.9 Å². The van der Waals surface area contributed by atoms with Crippen LogP contribution in [0.5, 0.6) is 0 Å². The Bertz CT molecular complexity index is 314. The van der Waals surface area contributed by atoms with Crippen molar-refractivity contribution in [3.8, 4) is 0 Å². The predicted octanol–water partition coefficient (Wildman–Crippen LogP) is 1.05. The maximum Gasteiger partial charge on any atom is 0.542 e. The van der Waals surface area contributed by atoms with Gasteiger partial charge in [0, 0.05) is 21.3 Å². The molecule has 0 saturated carbocycles. The average molecular weight is 234 g/mol. The smallest absolute Gasteiger partial charge is 0.373 e. The Morgan fingerprint density at radius 1 is 0.933 bits per heavy atom. The topological polar surface area (TPSA) is 27.7 Å². The van der Waals surface area contributed by atoms with E-state index in [1.54, 1.807) is 0 Å². The van der Waals surface area contributed by atoms with Gasteiger partial charge in [0.1, 0.15) is 11.6 Å². The van der Waals surface area contributed by atoms with Gasteiger partial charge in [-0.1, -0.05) is 6.07 Å². The number of benzene rings is 1. The highest BCUT2D eigenvalue weighted by molar-refractivity contribution is 6.75. The van der Waals surface area contributed by atoms with Gasteiger partial charge < -0.3 is 13.3 Å². The molecule has 0 aliphatic carbocycles. The van der Waals surface area contributed by atoms with Crippen LogP contribution >= 0.6 is 0 Å². The van der Waals surface area contributed by atoms with Gasteiger partial charge in [0.25, 0.3) is 0 Å². The van der Waals surface area contributed by atoms with Crippen molar-refractivity contribution in [3.05, 3.63) is 29.8 Å². The van der Waals surface area contributed by atoms with Gasteiger partial charge in [-0.25, -0.2) is 8.78 Å². The predicted molar refractivity (Wildman–Crippen MR) is 52.8 cm³/mol. The Kier molecular flexibility index (Phi) is 3.92. The van der Waals surface area contributed by atoms with Gasteiger partial charge in [-0.05, 0) is 12.1 Å². The second-order valence-corrected chi connectivity index (χ2v) is 5.60. The Balaban J connectivity index is 3.34. The standard InChI is InChI=1S/C9H12F2O3Si/c1-12-15(13-2,14-3)9-7(10)5-4-6-8(9)11/h4-6H,1-3H3. The van der Waals surface area contributed by atoms with E-state index in [0.29, 0.717) is 0 Å². The SMILES string of the molecule is CO[Si](OC)(OC)c1c(F)cccc1F. The summed E-state index contributed by atoms with van der Waals surface area (Å²) in [4.78, 5) is 0. The van der Waals surface area contributed by atoms with Crippen molar-refractivity contribution in [1.29, 1.82) is 0 Å². The van der Waals surface area contributed by atoms with Crippen LogP contribution in [0.4, 0.5) is 8.78 Å². The third-order valence-corrected chi connectivity index (χ3v) is 4.78. The van der Waals surface area contributed by atoms with Crippen molar-refractivity contribution in [1.82, 2.24) is 0 Å². The lowest BCUT2D eigenvalue weighted by Gasteiger charge is -2.25. The molecule has 0 saturated heterocycles. The lowest BCUT2D eigenvalue weighted by molar-refractivity contribution is 0.138. The van der Waals surface area contributed by atoms with Crippen molar-refractivity contribution < 1.29 is 22.1 Å². The van der Waals surface area contributed by atoms with Gasteiger partial charge in [0.05, 0.1) is 5.19 Å². The molecule has 0 N–H and O–H groups in total. The Morgan fingerprint density at radius 2 is 1.33 bits per heavy atom. The summed E-state index contributed by atoms with van der Waals surface area (Å²) in [5.74, 6) is -1.46. The van der Waals surface area contributed by atoms with Crippen molar-refractivity contribution >= 4 is 14.0 Å². The highest BCUT2D eigenvalue weighted by atomic mass is 28.4. The second-order valence-electron chi connectivity index (χ2n) is 2.77. The van der Waals surface area contributed by atoms with Crippen molar-refractivity contribution in [2.75, 3.05) is 21.3 Å². The van der Waals surface area contributed by atoms with Gasteiger partial charge in [-0.15, -0.1) is 0 Å². The molecule has 1 aromatic rings. The van der Waals surface area contributed by atoms with E-state index in [0.717, 1.165) is 12.1 Å². The zero-order valence-electron chi connectivity index (χ0n) is 8.71. The first kappa shape index (κ1) is 12.2. The number of rotatable bonds is 4. The van der Waals surface area contributed by atoms with Crippen molar-refractivity contribution in [2.24, 2.45) is 0 Å². The average Bonchev–Trinajstić information content (AvgIpc) is 2.24. The fourth-order valence-electron chi connectivity index (χ4n) is 1.35. The van der Waals surface area contributed by atoms with Gasteiger partial charge in [-0.3, -0.25) is 0 Å². The highest BCUT2D eigenvalue weighted by Crippen LogP contribution is 2.12. The summed E-state index contributed by atoms with van der Waals surface area (Å²) in [7, 11) is 0.458. The van der Waals surface area contributed by atoms with E-state index in [9.17, 15) is 8.78 Å². The van der Waals surface area contributed by atoms with Crippen LogP contribution in [0.25, 0.3) is 0 Å². The van der Waals surface area contributed by atoms with Crippen molar-refractivity contribution in [3.63, 3.8) is 0 Å². The molecule has 1 rings (SSSR count). The molecule has 0 heterocycles. The van der Waals surface area contributed by atoms with Gasteiger partial charge in [0.15, 0.2) is 0 Å². The summed E-state index contributed by atoms with van der Waals surface area (Å²) >= 11 is 0. The molecule has 6 heteroatoms. The van der Waals surface area contributed by atoms with Crippen LogP contribution in [-0.4, -0.2) is 30.1 Å². The largest absolute Gasteiger partial charge is 0.542 e. The summed E-state index contributed by atoms with van der Waals surface area (Å²) < 4.78 is 41.9. The summed E-state index contributed by atoms with van der Waals surface area (Å²) in [6.45, 7) is 0. The van der Waals surface area contributed by atoms with Crippen LogP contribution in [-0.2, 0) is 13.3 Å². The van der Waals surface area contributed by atoms with E-state index in [2.05, 4.69) is 0 Å². The van der Waals surface area contributed by atoms with E-state index in [4.69, 9.17) is 13.3 Å². The molecule has 3 nitrogen and oxygen atoms in total. The molecule has 0 unspecified atom stereocenters. The summed E-state index contributed by atoms with van der Waals surface area (Å²) in [6.07, 6.45) is 0. The fraction of sp³-hybridized carbons (Fsp3) is 0.333. The number of halogens is 2. The van der Waals surface area contributed by atoms with E-state index in [1.165, 1.54) is 27.4 Å². The molecule has 15 heavy (non-hydrogen) atoms. The zero-order valence-corrected chi connectivity index (χ0v) is 9.71. The van der Waals surface area contributed by atoms with Crippen LogP contribution in [0.2, 0.25) is 0 Å². The van der Waals surface area contributed by atoms with E-state index < -0.39 is 20.4 Å². The summed E-state index contributed by atoms with van der Waals surface area (Å²) in [5, 5.41) is -0.266. The molecule has 0 aromatic heterocycles. The maximum atomic E-state index is 13.5. The Hall–Kier alpha value is -0.823. The Morgan fingerprint density at radius 3 is 1.67 bits per heavy atom. The van der Waals surface area contributed by atoms with Crippen LogP contribution in [0.15, 0.2) is 18.2 Å². The summed E-state index contributed by atoms with van der Waals surface area (Å²) in [5.41, 5.74) is 0. The first-order valence-corrected chi connectivity index (χ1v) is 5.93. The lowest BCUT2D eigenvalue weighted by Crippen LogP contribution is -2.57. The molecule has 0 atom stereocenters. The molecule has 1 aromatic carbocycles. The van der Waals surface area contributed by atoms with E-state index in [-0.39, 0.29) is 5.19 Å². The zero-order chi connectivity index (χ0) is 11.5. The molecular formula is C9H12F2O3Si. The molecule has 0 aliphatic rings. The van der Waals surface area contributed by atoms with Crippen LogP contribution in [0.1, 0.15) is 0 Å². The maximum absolute atomic E-state index is 13.5. The monoisotopic (exact) mass is 234 g/mol. The molecule has 0 radical (unpaired) electrons. The molecular weight excluding hydrogens is 222 g/mol. The number of hydrogen-bond donors (Lipinski definition) is 0. The number of hydrogen-bond acceptors (Lipinski definition) is 3. The quantitative estimate of drug-likeness (QED) is 0.729. The van der Waals surface area contributed by atoms with Crippen LogP contribution in [0.3, 0.4) is 0 Å². The van der Waals surface area contributed by atoms with E-state index in [1.807, 2.05) is 0 Å². The highest BCUT2D eigenvalue weighted by Gasteiger charge is 2.45. The molecule has 0 spiro atoms. The lowest BCUT2D eigenvalue weighted by atomic mass is 10.3. The molecule has 84 valence electrons. The third-order valence-electron chi connectivity index (χ3n) is 2.08. The van der Waals surface area contributed by atoms with Gasteiger partial charge in [-0.2, -0.15) is 0 Å².